The predicted molar refractivity (Wildman–Crippen MR) is 73.1 cm³/mol. The van der Waals surface area contributed by atoms with Crippen molar-refractivity contribution in [2.45, 2.75) is 24.9 Å². The molecule has 3 heterocycles. The second-order valence-corrected chi connectivity index (χ2v) is 5.45. The van der Waals surface area contributed by atoms with Gasteiger partial charge in [0.1, 0.15) is 11.5 Å². The summed E-state index contributed by atoms with van der Waals surface area (Å²) < 4.78 is 10.4. The minimum atomic E-state index is -0.190. The average Bonchev–Trinajstić information content (AvgIpc) is 3.16. The lowest BCUT2D eigenvalue weighted by Gasteiger charge is -2.36. The van der Waals surface area contributed by atoms with Crippen molar-refractivity contribution in [3.63, 3.8) is 0 Å². The SMILES string of the molecule is COC1CN(c2noc(-c3cc(=O)[nH]c(C4CC4)n3)n2)C1. The zero-order chi connectivity index (χ0) is 14.4. The number of hydrogen-bond donors (Lipinski definition) is 1. The Hall–Kier alpha value is -2.22. The molecule has 0 aromatic carbocycles. The molecule has 8 heteroatoms. The number of anilines is 1. The number of rotatable bonds is 4. The third kappa shape index (κ3) is 2.31. The number of ether oxygens (including phenoxy) is 1. The summed E-state index contributed by atoms with van der Waals surface area (Å²) in [5, 5.41) is 3.94. The fourth-order valence-corrected chi connectivity index (χ4v) is 2.33. The van der Waals surface area contributed by atoms with Crippen molar-refractivity contribution in [2.24, 2.45) is 0 Å². The maximum atomic E-state index is 11.7. The van der Waals surface area contributed by atoms with Gasteiger partial charge in [0.05, 0.1) is 6.10 Å². The van der Waals surface area contributed by atoms with Crippen molar-refractivity contribution in [1.29, 1.82) is 0 Å². The van der Waals surface area contributed by atoms with Crippen molar-refractivity contribution in [3.05, 3.63) is 22.2 Å². The Labute approximate surface area is 120 Å². The van der Waals surface area contributed by atoms with E-state index < -0.39 is 0 Å². The van der Waals surface area contributed by atoms with Crippen molar-refractivity contribution >= 4 is 5.95 Å². The van der Waals surface area contributed by atoms with Crippen molar-refractivity contribution in [3.8, 4) is 11.6 Å². The van der Waals surface area contributed by atoms with Crippen molar-refractivity contribution in [2.75, 3.05) is 25.1 Å². The summed E-state index contributed by atoms with van der Waals surface area (Å²) in [4.78, 5) is 25.1. The molecule has 2 aliphatic rings. The van der Waals surface area contributed by atoms with Gasteiger partial charge in [0, 0.05) is 32.2 Å². The van der Waals surface area contributed by atoms with Gasteiger partial charge in [0.15, 0.2) is 0 Å². The average molecular weight is 289 g/mol. The van der Waals surface area contributed by atoms with E-state index in [1.165, 1.54) is 6.07 Å². The summed E-state index contributed by atoms with van der Waals surface area (Å²) in [5.41, 5.74) is 0.244. The molecule has 0 bridgehead atoms. The van der Waals surface area contributed by atoms with Crippen LogP contribution in [0.4, 0.5) is 5.95 Å². The molecule has 1 aliphatic carbocycles. The van der Waals surface area contributed by atoms with Crippen LogP contribution in [0.3, 0.4) is 0 Å². The largest absolute Gasteiger partial charge is 0.378 e. The van der Waals surface area contributed by atoms with Crippen LogP contribution in [-0.4, -0.2) is 46.4 Å². The minimum Gasteiger partial charge on any atom is -0.378 e. The standard InChI is InChI=1S/C13H15N5O3/c1-20-8-5-18(6-8)13-16-12(21-17-13)9-4-10(19)15-11(14-9)7-2-3-7/h4,7-8H,2-3,5-6H2,1H3,(H,14,15,19). The first-order chi connectivity index (χ1) is 10.2. The highest BCUT2D eigenvalue weighted by atomic mass is 16.5. The smallest absolute Gasteiger partial charge is 0.278 e. The van der Waals surface area contributed by atoms with Gasteiger partial charge in [-0.15, -0.1) is 0 Å². The Morgan fingerprint density at radius 2 is 2.19 bits per heavy atom. The van der Waals surface area contributed by atoms with Gasteiger partial charge in [-0.05, 0) is 18.0 Å². The molecular weight excluding hydrogens is 274 g/mol. The molecule has 2 aromatic heterocycles. The van der Waals surface area contributed by atoms with Crippen LogP contribution < -0.4 is 10.5 Å². The lowest BCUT2D eigenvalue weighted by Crippen LogP contribution is -2.52. The van der Waals surface area contributed by atoms with Crippen LogP contribution in [0.25, 0.3) is 11.6 Å². The van der Waals surface area contributed by atoms with E-state index in [9.17, 15) is 4.79 Å². The van der Waals surface area contributed by atoms with Gasteiger partial charge in [-0.3, -0.25) is 4.79 Å². The normalized spacial score (nSPS) is 18.8. The van der Waals surface area contributed by atoms with Crippen LogP contribution >= 0.6 is 0 Å². The van der Waals surface area contributed by atoms with E-state index in [2.05, 4.69) is 20.1 Å². The third-order valence-corrected chi connectivity index (χ3v) is 3.82. The number of H-pyrrole nitrogens is 1. The van der Waals surface area contributed by atoms with Crippen molar-refractivity contribution in [1.82, 2.24) is 20.1 Å². The van der Waals surface area contributed by atoms with E-state index in [4.69, 9.17) is 9.26 Å². The highest BCUT2D eigenvalue weighted by Gasteiger charge is 2.31. The highest BCUT2D eigenvalue weighted by Crippen LogP contribution is 2.38. The minimum absolute atomic E-state index is 0.190. The van der Waals surface area contributed by atoms with E-state index in [-0.39, 0.29) is 17.6 Å². The Balaban J connectivity index is 1.59. The summed E-state index contributed by atoms with van der Waals surface area (Å²) in [6, 6.07) is 1.39. The number of aromatic nitrogens is 4. The number of nitrogens with zero attached hydrogens (tertiary/aromatic N) is 4. The monoisotopic (exact) mass is 289 g/mol. The number of nitrogens with one attached hydrogen (secondary N) is 1. The van der Waals surface area contributed by atoms with Crippen LogP contribution in [0, 0.1) is 0 Å². The first-order valence-electron chi connectivity index (χ1n) is 6.96. The number of hydrogen-bond acceptors (Lipinski definition) is 7. The summed E-state index contributed by atoms with van der Waals surface area (Å²) in [5.74, 6) is 1.85. The van der Waals surface area contributed by atoms with E-state index in [1.54, 1.807) is 7.11 Å². The zero-order valence-corrected chi connectivity index (χ0v) is 11.6. The predicted octanol–water partition coefficient (Wildman–Crippen LogP) is 0.532. The first kappa shape index (κ1) is 12.5. The summed E-state index contributed by atoms with van der Waals surface area (Å²) in [6.07, 6.45) is 2.34. The second kappa shape index (κ2) is 4.66. The summed E-state index contributed by atoms with van der Waals surface area (Å²) in [6.45, 7) is 1.48. The summed E-state index contributed by atoms with van der Waals surface area (Å²) in [7, 11) is 1.68. The topological polar surface area (TPSA) is 97.1 Å². The van der Waals surface area contributed by atoms with Crippen LogP contribution in [-0.2, 0) is 4.74 Å². The molecule has 8 nitrogen and oxygen atoms in total. The lowest BCUT2D eigenvalue weighted by atomic mass is 10.2. The Kier molecular flexibility index (Phi) is 2.78. The molecule has 1 saturated heterocycles. The van der Waals surface area contributed by atoms with Gasteiger partial charge in [-0.2, -0.15) is 4.98 Å². The second-order valence-electron chi connectivity index (χ2n) is 5.45. The van der Waals surface area contributed by atoms with E-state index >= 15 is 0 Å². The molecule has 4 rings (SSSR count). The Morgan fingerprint density at radius 3 is 2.90 bits per heavy atom. The Morgan fingerprint density at radius 1 is 1.38 bits per heavy atom. The van der Waals surface area contributed by atoms with Gasteiger partial charge in [-0.1, -0.05) is 0 Å². The van der Waals surface area contributed by atoms with E-state index in [0.717, 1.165) is 25.9 Å². The van der Waals surface area contributed by atoms with Crippen LogP contribution in [0.15, 0.2) is 15.4 Å². The van der Waals surface area contributed by atoms with Crippen molar-refractivity contribution < 1.29 is 9.26 Å². The summed E-state index contributed by atoms with van der Waals surface area (Å²) >= 11 is 0. The van der Waals surface area contributed by atoms with Gasteiger partial charge in [-0.25, -0.2) is 4.98 Å². The van der Waals surface area contributed by atoms with Crippen LogP contribution in [0.2, 0.25) is 0 Å². The first-order valence-corrected chi connectivity index (χ1v) is 6.96. The maximum Gasteiger partial charge on any atom is 0.278 e. The van der Waals surface area contributed by atoms with Gasteiger partial charge in [0.25, 0.3) is 17.4 Å². The molecule has 0 atom stereocenters. The van der Waals surface area contributed by atoms with Crippen LogP contribution in [0.5, 0.6) is 0 Å². The molecular formula is C13H15N5O3. The van der Waals surface area contributed by atoms with Crippen LogP contribution in [0.1, 0.15) is 24.6 Å². The molecule has 0 spiro atoms. The third-order valence-electron chi connectivity index (χ3n) is 3.82. The zero-order valence-electron chi connectivity index (χ0n) is 11.6. The lowest BCUT2D eigenvalue weighted by molar-refractivity contribution is 0.0775. The molecule has 110 valence electrons. The quantitative estimate of drug-likeness (QED) is 0.876. The fraction of sp³-hybridized carbons (Fsp3) is 0.538. The molecule has 1 aliphatic heterocycles. The number of aromatic amines is 1. The molecule has 21 heavy (non-hydrogen) atoms. The molecule has 1 saturated carbocycles. The molecule has 0 amide bonds. The molecule has 2 aromatic rings. The van der Waals surface area contributed by atoms with Gasteiger partial charge < -0.3 is 19.1 Å². The highest BCUT2D eigenvalue weighted by molar-refractivity contribution is 5.49. The molecule has 1 N–H and O–H groups in total. The fourth-order valence-electron chi connectivity index (χ4n) is 2.33. The van der Waals surface area contributed by atoms with E-state index in [0.29, 0.717) is 23.4 Å². The Bertz CT molecular complexity index is 715. The molecule has 0 radical (unpaired) electrons. The molecule has 0 unspecified atom stereocenters. The van der Waals surface area contributed by atoms with Gasteiger partial charge >= 0.3 is 0 Å². The van der Waals surface area contributed by atoms with Gasteiger partial charge in [0.2, 0.25) is 0 Å². The molecule has 2 fully saturated rings. The maximum absolute atomic E-state index is 11.7. The number of methoxy groups -OCH3 is 1. The van der Waals surface area contributed by atoms with E-state index in [1.807, 2.05) is 4.90 Å².